The molecule has 3 aromatic heterocycles. The van der Waals surface area contributed by atoms with E-state index in [0.717, 1.165) is 34.6 Å². The highest BCUT2D eigenvalue weighted by Gasteiger charge is 2.22. The molecular weight excluding hydrogens is 462 g/mol. The van der Waals surface area contributed by atoms with Gasteiger partial charge in [-0.2, -0.15) is 0 Å². The summed E-state index contributed by atoms with van der Waals surface area (Å²) >= 11 is 0. The van der Waals surface area contributed by atoms with Gasteiger partial charge in [0, 0.05) is 13.0 Å². The number of fused-ring (bicyclic) bond motifs is 4. The van der Waals surface area contributed by atoms with Crippen molar-refractivity contribution in [3.05, 3.63) is 106 Å². The number of benzene rings is 3. The van der Waals surface area contributed by atoms with Crippen LogP contribution in [-0.4, -0.2) is 31.2 Å². The molecule has 0 atom stereocenters. The molecule has 3 heterocycles. The van der Waals surface area contributed by atoms with Crippen molar-refractivity contribution in [1.82, 2.24) is 24.1 Å². The fourth-order valence-electron chi connectivity index (χ4n) is 4.89. The Kier molecular flexibility index (Phi) is 5.88. The molecule has 0 aliphatic carbocycles. The van der Waals surface area contributed by atoms with E-state index >= 15 is 0 Å². The van der Waals surface area contributed by atoms with Gasteiger partial charge in [0.1, 0.15) is 22.5 Å². The Balaban J connectivity index is 1.58. The van der Waals surface area contributed by atoms with Crippen LogP contribution in [0, 0.1) is 0 Å². The van der Waals surface area contributed by atoms with E-state index in [1.165, 1.54) is 5.56 Å². The largest absolute Gasteiger partial charge is 0.497 e. The summed E-state index contributed by atoms with van der Waals surface area (Å²) in [6.07, 6.45) is 1.40. The van der Waals surface area contributed by atoms with Gasteiger partial charge in [0.15, 0.2) is 11.3 Å². The first-order valence-electron chi connectivity index (χ1n) is 12.5. The predicted molar refractivity (Wildman–Crippen MR) is 146 cm³/mol. The van der Waals surface area contributed by atoms with E-state index in [4.69, 9.17) is 19.7 Å². The molecule has 37 heavy (non-hydrogen) atoms. The Morgan fingerprint density at radius 2 is 1.46 bits per heavy atom. The molecule has 184 valence electrons. The zero-order valence-electron chi connectivity index (χ0n) is 20.9. The standard InChI is InChI=1S/C30H27N5O2/c1-3-25-33-28-26(30(36)34(25)18-17-20-9-5-4-6-10-20)27-29(32-24-12-8-7-11-23(24)31-27)35(28)19-21-13-15-22(37-2)16-14-21/h4-16H,3,17-19H2,1-2H3. The molecule has 7 heteroatoms. The molecule has 6 aromatic rings. The second kappa shape index (κ2) is 9.50. The van der Waals surface area contributed by atoms with Crippen molar-refractivity contribution in [2.24, 2.45) is 0 Å². The molecule has 0 fully saturated rings. The second-order valence-corrected chi connectivity index (χ2v) is 9.09. The minimum atomic E-state index is -0.0687. The van der Waals surface area contributed by atoms with Crippen LogP contribution in [0.25, 0.3) is 33.2 Å². The Bertz CT molecular complexity index is 1790. The normalized spacial score (nSPS) is 11.5. The van der Waals surface area contributed by atoms with Gasteiger partial charge in [0.25, 0.3) is 5.56 Å². The van der Waals surface area contributed by atoms with Crippen LogP contribution in [0.3, 0.4) is 0 Å². The number of aryl methyl sites for hydroxylation is 2. The number of ether oxygens (including phenoxy) is 1. The monoisotopic (exact) mass is 489 g/mol. The Morgan fingerprint density at radius 1 is 0.757 bits per heavy atom. The van der Waals surface area contributed by atoms with Crippen LogP contribution >= 0.6 is 0 Å². The summed E-state index contributed by atoms with van der Waals surface area (Å²) in [5, 5.41) is 0.520. The highest BCUT2D eigenvalue weighted by atomic mass is 16.5. The van der Waals surface area contributed by atoms with E-state index in [1.54, 1.807) is 7.11 Å². The topological polar surface area (TPSA) is 74.8 Å². The highest BCUT2D eigenvalue weighted by molar-refractivity contribution is 6.04. The molecular formula is C30H27N5O2. The maximum atomic E-state index is 14.1. The third-order valence-electron chi connectivity index (χ3n) is 6.81. The van der Waals surface area contributed by atoms with Crippen molar-refractivity contribution < 1.29 is 4.74 Å². The van der Waals surface area contributed by atoms with E-state index in [-0.39, 0.29) is 5.56 Å². The number of nitrogens with zero attached hydrogens (tertiary/aromatic N) is 5. The number of methoxy groups -OCH3 is 1. The second-order valence-electron chi connectivity index (χ2n) is 9.09. The summed E-state index contributed by atoms with van der Waals surface area (Å²) in [6, 6.07) is 25.9. The average Bonchev–Trinajstić information content (AvgIpc) is 3.24. The number of hydrogen-bond donors (Lipinski definition) is 0. The molecule has 7 nitrogen and oxygen atoms in total. The van der Waals surface area contributed by atoms with Crippen molar-refractivity contribution in [3.8, 4) is 5.75 Å². The fourth-order valence-corrected chi connectivity index (χ4v) is 4.89. The van der Waals surface area contributed by atoms with Gasteiger partial charge in [-0.25, -0.2) is 15.0 Å². The number of para-hydroxylation sites is 2. The lowest BCUT2D eigenvalue weighted by molar-refractivity contribution is 0.414. The number of hydrogen-bond acceptors (Lipinski definition) is 5. The lowest BCUT2D eigenvalue weighted by Gasteiger charge is -2.13. The van der Waals surface area contributed by atoms with E-state index < -0.39 is 0 Å². The molecule has 0 amide bonds. The van der Waals surface area contributed by atoms with Crippen molar-refractivity contribution >= 4 is 33.2 Å². The van der Waals surface area contributed by atoms with Crippen LogP contribution in [0.2, 0.25) is 0 Å². The SMILES string of the molecule is CCc1nc2c(c(=O)n1CCc1ccccc1)c1nc3ccccc3nc1n2Cc1ccc(OC)cc1. The smallest absolute Gasteiger partial charge is 0.265 e. The van der Waals surface area contributed by atoms with Crippen molar-refractivity contribution in [3.63, 3.8) is 0 Å². The highest BCUT2D eigenvalue weighted by Crippen LogP contribution is 2.27. The first-order chi connectivity index (χ1) is 18.2. The van der Waals surface area contributed by atoms with Crippen LogP contribution < -0.4 is 10.3 Å². The summed E-state index contributed by atoms with van der Waals surface area (Å²) in [7, 11) is 1.65. The zero-order valence-corrected chi connectivity index (χ0v) is 20.9. The molecule has 0 aliphatic rings. The van der Waals surface area contributed by atoms with Gasteiger partial charge in [0.05, 0.1) is 24.7 Å². The molecule has 0 N–H and O–H groups in total. The van der Waals surface area contributed by atoms with Gasteiger partial charge in [-0.1, -0.05) is 61.5 Å². The summed E-state index contributed by atoms with van der Waals surface area (Å²) in [5.41, 5.74) is 5.60. The van der Waals surface area contributed by atoms with Crippen LogP contribution in [0.15, 0.2) is 83.7 Å². The van der Waals surface area contributed by atoms with E-state index in [0.29, 0.717) is 41.7 Å². The third-order valence-corrected chi connectivity index (χ3v) is 6.81. The molecule has 0 aliphatic heterocycles. The Hall–Kier alpha value is -4.52. The maximum absolute atomic E-state index is 14.1. The minimum absolute atomic E-state index is 0.0687. The molecule has 0 saturated heterocycles. The molecule has 6 rings (SSSR count). The number of aromatic nitrogens is 5. The molecule has 0 saturated carbocycles. The molecule has 0 spiro atoms. The van der Waals surface area contributed by atoms with Crippen LogP contribution in [-0.2, 0) is 25.9 Å². The van der Waals surface area contributed by atoms with E-state index in [2.05, 4.69) is 12.1 Å². The predicted octanol–water partition coefficient (Wildman–Crippen LogP) is 5.16. The van der Waals surface area contributed by atoms with E-state index in [9.17, 15) is 4.79 Å². The van der Waals surface area contributed by atoms with Crippen molar-refractivity contribution in [2.75, 3.05) is 7.11 Å². The summed E-state index contributed by atoms with van der Waals surface area (Å²) < 4.78 is 9.15. The molecule has 3 aromatic carbocycles. The molecule has 0 bridgehead atoms. The Morgan fingerprint density at radius 3 is 2.16 bits per heavy atom. The minimum Gasteiger partial charge on any atom is -0.497 e. The van der Waals surface area contributed by atoms with Crippen LogP contribution in [0.4, 0.5) is 0 Å². The van der Waals surface area contributed by atoms with Crippen molar-refractivity contribution in [1.29, 1.82) is 0 Å². The van der Waals surface area contributed by atoms with Crippen LogP contribution in [0.1, 0.15) is 23.9 Å². The summed E-state index contributed by atoms with van der Waals surface area (Å²) in [5.74, 6) is 1.56. The fraction of sp³-hybridized carbons (Fsp3) is 0.200. The third kappa shape index (κ3) is 4.12. The van der Waals surface area contributed by atoms with Crippen molar-refractivity contribution in [2.45, 2.75) is 32.9 Å². The van der Waals surface area contributed by atoms with Gasteiger partial charge in [-0.05, 0) is 41.8 Å². The van der Waals surface area contributed by atoms with Gasteiger partial charge in [-0.3, -0.25) is 9.36 Å². The van der Waals surface area contributed by atoms with E-state index in [1.807, 2.05) is 82.8 Å². The van der Waals surface area contributed by atoms with Gasteiger partial charge < -0.3 is 9.30 Å². The maximum Gasteiger partial charge on any atom is 0.265 e. The zero-order chi connectivity index (χ0) is 25.4. The molecule has 0 unspecified atom stereocenters. The first-order valence-corrected chi connectivity index (χ1v) is 12.5. The van der Waals surface area contributed by atoms with Crippen LogP contribution in [0.5, 0.6) is 5.75 Å². The first kappa shape index (κ1) is 22.9. The van der Waals surface area contributed by atoms with Gasteiger partial charge in [0.2, 0.25) is 0 Å². The van der Waals surface area contributed by atoms with Gasteiger partial charge in [-0.15, -0.1) is 0 Å². The van der Waals surface area contributed by atoms with Gasteiger partial charge >= 0.3 is 0 Å². The lowest BCUT2D eigenvalue weighted by Crippen LogP contribution is -2.26. The Labute approximate surface area is 214 Å². The average molecular weight is 490 g/mol. The lowest BCUT2D eigenvalue weighted by atomic mass is 10.1. The molecule has 0 radical (unpaired) electrons. The quantitative estimate of drug-likeness (QED) is 0.310. The number of rotatable bonds is 7. The summed E-state index contributed by atoms with van der Waals surface area (Å²) in [6.45, 7) is 3.11. The summed E-state index contributed by atoms with van der Waals surface area (Å²) in [4.78, 5) is 29.0.